The molecule has 1 unspecified atom stereocenters. The Kier molecular flexibility index (Phi) is 4.04. The van der Waals surface area contributed by atoms with Gasteiger partial charge in [-0.1, -0.05) is 24.6 Å². The molecule has 1 atom stereocenters. The quantitative estimate of drug-likeness (QED) is 0.912. The largest absolute Gasteiger partial charge is 0.469 e. The number of benzene rings is 1. The summed E-state index contributed by atoms with van der Waals surface area (Å²) in [6, 6.07) is 6.20. The normalized spacial score (nSPS) is 12.7. The molecule has 0 saturated heterocycles. The second-order valence-corrected chi connectivity index (χ2v) is 4.48. The number of hydrogen-bond acceptors (Lipinski definition) is 2. The van der Waals surface area contributed by atoms with Crippen LogP contribution in [0.5, 0.6) is 0 Å². The Morgan fingerprint density at radius 3 is 2.83 bits per heavy atom. The number of aryl methyl sites for hydroxylation is 1. The standard InChI is InChI=1S/C14H14ClFO2/c1-2-14-9(6-7-18-14)13(17)8-10-11(15)4-3-5-12(10)16/h3-7,13,17H,2,8H2,1H3. The molecule has 0 aliphatic carbocycles. The van der Waals surface area contributed by atoms with Gasteiger partial charge in [-0.15, -0.1) is 0 Å². The van der Waals surface area contributed by atoms with Crippen LogP contribution in [0.2, 0.25) is 5.02 Å². The van der Waals surface area contributed by atoms with Crippen molar-refractivity contribution in [3.63, 3.8) is 0 Å². The molecule has 0 saturated carbocycles. The van der Waals surface area contributed by atoms with E-state index in [0.29, 0.717) is 22.6 Å². The fourth-order valence-electron chi connectivity index (χ4n) is 1.97. The predicted octanol–water partition coefficient (Wildman–Crippen LogP) is 3.91. The Morgan fingerprint density at radius 1 is 1.39 bits per heavy atom. The Morgan fingerprint density at radius 2 is 2.17 bits per heavy atom. The predicted molar refractivity (Wildman–Crippen MR) is 68.2 cm³/mol. The van der Waals surface area contributed by atoms with Crippen molar-refractivity contribution in [3.8, 4) is 0 Å². The van der Waals surface area contributed by atoms with Gasteiger partial charge in [0.15, 0.2) is 0 Å². The van der Waals surface area contributed by atoms with Gasteiger partial charge in [0, 0.05) is 29.0 Å². The Labute approximate surface area is 110 Å². The van der Waals surface area contributed by atoms with Gasteiger partial charge in [-0.3, -0.25) is 0 Å². The van der Waals surface area contributed by atoms with Gasteiger partial charge in [-0.05, 0) is 18.2 Å². The van der Waals surface area contributed by atoms with E-state index in [1.807, 2.05) is 6.92 Å². The molecule has 0 radical (unpaired) electrons. The molecule has 4 heteroatoms. The zero-order valence-corrected chi connectivity index (χ0v) is 10.7. The molecule has 0 bridgehead atoms. The van der Waals surface area contributed by atoms with E-state index in [-0.39, 0.29) is 6.42 Å². The minimum Gasteiger partial charge on any atom is -0.469 e. The van der Waals surface area contributed by atoms with E-state index in [1.54, 1.807) is 18.2 Å². The molecule has 0 aliphatic rings. The molecule has 1 aromatic carbocycles. The van der Waals surface area contributed by atoms with Crippen molar-refractivity contribution in [2.24, 2.45) is 0 Å². The van der Waals surface area contributed by atoms with Crippen LogP contribution in [0.1, 0.15) is 29.9 Å². The van der Waals surface area contributed by atoms with Crippen molar-refractivity contribution in [2.75, 3.05) is 0 Å². The van der Waals surface area contributed by atoms with Gasteiger partial charge in [0.25, 0.3) is 0 Å². The van der Waals surface area contributed by atoms with Crippen molar-refractivity contribution in [1.29, 1.82) is 0 Å². The number of hydrogen-bond donors (Lipinski definition) is 1. The van der Waals surface area contributed by atoms with E-state index >= 15 is 0 Å². The van der Waals surface area contributed by atoms with Crippen LogP contribution in [-0.4, -0.2) is 5.11 Å². The van der Waals surface area contributed by atoms with Crippen LogP contribution in [0.3, 0.4) is 0 Å². The topological polar surface area (TPSA) is 33.4 Å². The van der Waals surface area contributed by atoms with Crippen molar-refractivity contribution >= 4 is 11.6 Å². The first kappa shape index (κ1) is 13.1. The zero-order chi connectivity index (χ0) is 13.1. The van der Waals surface area contributed by atoms with Gasteiger partial charge < -0.3 is 9.52 Å². The van der Waals surface area contributed by atoms with Crippen molar-refractivity contribution < 1.29 is 13.9 Å². The lowest BCUT2D eigenvalue weighted by Gasteiger charge is -2.12. The van der Waals surface area contributed by atoms with Crippen LogP contribution in [0.15, 0.2) is 34.9 Å². The summed E-state index contributed by atoms with van der Waals surface area (Å²) < 4.78 is 18.9. The molecular formula is C14H14ClFO2. The van der Waals surface area contributed by atoms with E-state index in [9.17, 15) is 9.50 Å². The Bertz CT molecular complexity index is 516. The summed E-state index contributed by atoms with van der Waals surface area (Å²) in [6.45, 7) is 1.94. The summed E-state index contributed by atoms with van der Waals surface area (Å²) in [6.07, 6.45) is 1.54. The molecule has 18 heavy (non-hydrogen) atoms. The lowest BCUT2D eigenvalue weighted by atomic mass is 10.0. The highest BCUT2D eigenvalue weighted by molar-refractivity contribution is 6.31. The molecule has 0 fully saturated rings. The van der Waals surface area contributed by atoms with Crippen molar-refractivity contribution in [3.05, 3.63) is 58.3 Å². The average Bonchev–Trinajstić information content (AvgIpc) is 2.82. The third kappa shape index (κ3) is 2.57. The van der Waals surface area contributed by atoms with Crippen LogP contribution < -0.4 is 0 Å². The summed E-state index contributed by atoms with van der Waals surface area (Å²) in [5.74, 6) is 0.318. The maximum absolute atomic E-state index is 13.6. The fourth-order valence-corrected chi connectivity index (χ4v) is 2.21. The first-order valence-corrected chi connectivity index (χ1v) is 6.18. The third-order valence-corrected chi connectivity index (χ3v) is 3.27. The second-order valence-electron chi connectivity index (χ2n) is 4.07. The van der Waals surface area contributed by atoms with Crippen LogP contribution in [0.25, 0.3) is 0 Å². The highest BCUT2D eigenvalue weighted by Crippen LogP contribution is 2.28. The SMILES string of the molecule is CCc1occc1C(O)Cc1c(F)cccc1Cl. The van der Waals surface area contributed by atoms with Crippen LogP contribution in [0.4, 0.5) is 4.39 Å². The molecule has 2 rings (SSSR count). The maximum atomic E-state index is 13.6. The number of aliphatic hydroxyl groups is 1. The monoisotopic (exact) mass is 268 g/mol. The molecular weight excluding hydrogens is 255 g/mol. The van der Waals surface area contributed by atoms with Gasteiger partial charge in [0.1, 0.15) is 11.6 Å². The smallest absolute Gasteiger partial charge is 0.127 e. The minimum atomic E-state index is -0.812. The Balaban J connectivity index is 2.24. The molecule has 2 aromatic rings. The first-order valence-electron chi connectivity index (χ1n) is 5.80. The molecule has 0 spiro atoms. The van der Waals surface area contributed by atoms with Crippen molar-refractivity contribution in [2.45, 2.75) is 25.9 Å². The molecule has 1 heterocycles. The number of furan rings is 1. The van der Waals surface area contributed by atoms with Gasteiger partial charge >= 0.3 is 0 Å². The van der Waals surface area contributed by atoms with Gasteiger partial charge in [0.05, 0.1) is 12.4 Å². The second kappa shape index (κ2) is 5.55. The molecule has 0 amide bonds. The van der Waals surface area contributed by atoms with Crippen molar-refractivity contribution in [1.82, 2.24) is 0 Å². The lowest BCUT2D eigenvalue weighted by molar-refractivity contribution is 0.174. The highest BCUT2D eigenvalue weighted by Gasteiger charge is 2.18. The van der Waals surface area contributed by atoms with Gasteiger partial charge in [0.2, 0.25) is 0 Å². The molecule has 1 aromatic heterocycles. The summed E-state index contributed by atoms with van der Waals surface area (Å²) >= 11 is 5.93. The maximum Gasteiger partial charge on any atom is 0.127 e. The molecule has 96 valence electrons. The van der Waals surface area contributed by atoms with Crippen LogP contribution >= 0.6 is 11.6 Å². The molecule has 2 nitrogen and oxygen atoms in total. The number of rotatable bonds is 4. The van der Waals surface area contributed by atoms with E-state index in [1.165, 1.54) is 12.3 Å². The van der Waals surface area contributed by atoms with E-state index in [0.717, 1.165) is 5.76 Å². The molecule has 1 N–H and O–H groups in total. The number of halogens is 2. The van der Waals surface area contributed by atoms with E-state index in [2.05, 4.69) is 0 Å². The highest BCUT2D eigenvalue weighted by atomic mass is 35.5. The first-order chi connectivity index (χ1) is 8.63. The molecule has 0 aliphatic heterocycles. The van der Waals surface area contributed by atoms with E-state index < -0.39 is 11.9 Å². The van der Waals surface area contributed by atoms with Gasteiger partial charge in [-0.2, -0.15) is 0 Å². The number of aliphatic hydroxyl groups excluding tert-OH is 1. The third-order valence-electron chi connectivity index (χ3n) is 2.92. The minimum absolute atomic E-state index is 0.137. The van der Waals surface area contributed by atoms with Gasteiger partial charge in [-0.25, -0.2) is 4.39 Å². The van der Waals surface area contributed by atoms with E-state index in [4.69, 9.17) is 16.0 Å². The average molecular weight is 269 g/mol. The Hall–Kier alpha value is -1.32. The fraction of sp³-hybridized carbons (Fsp3) is 0.286. The lowest BCUT2D eigenvalue weighted by Crippen LogP contribution is -2.05. The summed E-state index contributed by atoms with van der Waals surface area (Å²) in [5, 5.41) is 10.5. The summed E-state index contributed by atoms with van der Waals surface area (Å²) in [7, 11) is 0. The van der Waals surface area contributed by atoms with Crippen LogP contribution in [0, 0.1) is 5.82 Å². The van der Waals surface area contributed by atoms with Crippen LogP contribution in [-0.2, 0) is 12.8 Å². The zero-order valence-electron chi connectivity index (χ0n) is 9.99. The summed E-state index contributed by atoms with van der Waals surface area (Å²) in [4.78, 5) is 0. The summed E-state index contributed by atoms with van der Waals surface area (Å²) in [5.41, 5.74) is 1.02.